The predicted octanol–water partition coefficient (Wildman–Crippen LogP) is 6.46. The van der Waals surface area contributed by atoms with Gasteiger partial charge in [-0.3, -0.25) is 0 Å². The van der Waals surface area contributed by atoms with Crippen LogP contribution in [0, 0.1) is 12.8 Å². The molecule has 0 spiro atoms. The molecule has 0 aromatic heterocycles. The van der Waals surface area contributed by atoms with Gasteiger partial charge in [-0.15, -0.1) is 0 Å². The molecule has 2 rings (SSSR count). The molecule has 1 aliphatic rings. The zero-order chi connectivity index (χ0) is 18.6. The lowest BCUT2D eigenvalue weighted by Crippen LogP contribution is -2.08. The Morgan fingerprint density at radius 3 is 2.56 bits per heavy atom. The first-order valence-electron chi connectivity index (χ1n) is 9.09. The number of unbranched alkanes of at least 4 members (excludes halogenated alkanes) is 1. The number of phenolic OH excluding ortho intramolecular Hbond substituents is 1. The van der Waals surface area contributed by atoms with E-state index in [-0.39, 0.29) is 0 Å². The number of hydrogen-bond acceptors (Lipinski definition) is 2. The summed E-state index contributed by atoms with van der Waals surface area (Å²) in [7, 11) is 0. The van der Waals surface area contributed by atoms with E-state index in [2.05, 4.69) is 46.1 Å². The van der Waals surface area contributed by atoms with Crippen LogP contribution in [0.1, 0.15) is 56.7 Å². The van der Waals surface area contributed by atoms with Gasteiger partial charge in [0.25, 0.3) is 0 Å². The van der Waals surface area contributed by atoms with Crippen LogP contribution in [0.5, 0.6) is 5.75 Å². The van der Waals surface area contributed by atoms with Crippen molar-refractivity contribution < 1.29 is 9.84 Å². The molecule has 1 aromatic rings. The highest BCUT2D eigenvalue weighted by molar-refractivity contribution is 5.65. The summed E-state index contributed by atoms with van der Waals surface area (Å²) in [5, 5.41) is 10.3. The van der Waals surface area contributed by atoms with Crippen molar-refractivity contribution in [2.24, 2.45) is 5.92 Å². The highest BCUT2D eigenvalue weighted by Crippen LogP contribution is 2.34. The average Bonchev–Trinajstić information content (AvgIpc) is 2.54. The average molecular weight is 338 g/mol. The Bertz CT molecular complexity index is 735. The monoisotopic (exact) mass is 338 g/mol. The quantitative estimate of drug-likeness (QED) is 0.578. The van der Waals surface area contributed by atoms with Gasteiger partial charge in [0.05, 0.1) is 0 Å². The fraction of sp³-hybridized carbons (Fsp3) is 0.391. The summed E-state index contributed by atoms with van der Waals surface area (Å²) < 4.78 is 5.94. The van der Waals surface area contributed by atoms with Crippen molar-refractivity contribution in [3.8, 4) is 5.75 Å². The smallest absolute Gasteiger partial charge is 0.127 e. The predicted molar refractivity (Wildman–Crippen MR) is 106 cm³/mol. The van der Waals surface area contributed by atoms with Crippen LogP contribution < -0.4 is 0 Å². The number of hydrogen-bond donors (Lipinski definition) is 1. The first-order valence-corrected chi connectivity index (χ1v) is 9.09. The van der Waals surface area contributed by atoms with Gasteiger partial charge in [-0.05, 0) is 61.8 Å². The Morgan fingerprint density at radius 1 is 1.20 bits per heavy atom. The molecule has 0 saturated carbocycles. The van der Waals surface area contributed by atoms with Crippen LogP contribution in [-0.4, -0.2) is 5.11 Å². The molecule has 0 heterocycles. The van der Waals surface area contributed by atoms with Crippen molar-refractivity contribution in [2.75, 3.05) is 0 Å². The zero-order valence-corrected chi connectivity index (χ0v) is 16.0. The Balaban J connectivity index is 2.15. The van der Waals surface area contributed by atoms with Crippen molar-refractivity contribution >= 4 is 5.76 Å². The van der Waals surface area contributed by atoms with E-state index in [9.17, 15) is 5.11 Å². The SMILES string of the molecule is C=C(OC(=C)c1cc(O)c(CCCC)cc1C)C1=CC=C(C)CC1C. The Morgan fingerprint density at radius 2 is 1.92 bits per heavy atom. The standard InChI is InChI=1S/C23H30O2/c1-7-8-9-20-13-17(4)22(14-23(20)24)19(6)25-18(5)21-11-10-15(2)12-16(21)3/h10-11,13-14,16,24H,5-9,12H2,1-4H3. The third kappa shape index (κ3) is 4.66. The van der Waals surface area contributed by atoms with E-state index in [1.807, 2.05) is 13.0 Å². The summed E-state index contributed by atoms with van der Waals surface area (Å²) in [6.07, 6.45) is 8.28. The topological polar surface area (TPSA) is 29.5 Å². The van der Waals surface area contributed by atoms with E-state index in [0.29, 0.717) is 23.2 Å². The maximum atomic E-state index is 10.3. The lowest BCUT2D eigenvalue weighted by Gasteiger charge is -2.23. The maximum absolute atomic E-state index is 10.3. The molecule has 134 valence electrons. The minimum absolute atomic E-state index is 0.313. The van der Waals surface area contributed by atoms with Crippen molar-refractivity contribution in [1.29, 1.82) is 0 Å². The van der Waals surface area contributed by atoms with Gasteiger partial charge in [0.2, 0.25) is 0 Å². The largest absolute Gasteiger partial charge is 0.508 e. The lowest BCUT2D eigenvalue weighted by molar-refractivity contribution is 0.381. The Hall–Kier alpha value is -2.22. The summed E-state index contributed by atoms with van der Waals surface area (Å²) in [6.45, 7) is 16.6. The number of phenols is 1. The number of allylic oxidation sites excluding steroid dienone is 4. The number of rotatable bonds is 7. The fourth-order valence-corrected chi connectivity index (χ4v) is 3.31. The molecule has 0 radical (unpaired) electrons. The molecule has 0 fully saturated rings. The summed E-state index contributed by atoms with van der Waals surface area (Å²) in [4.78, 5) is 0. The normalized spacial score (nSPS) is 16.9. The summed E-state index contributed by atoms with van der Waals surface area (Å²) >= 11 is 0. The number of aromatic hydroxyl groups is 1. The van der Waals surface area contributed by atoms with Crippen LogP contribution in [0.4, 0.5) is 0 Å². The van der Waals surface area contributed by atoms with E-state index in [4.69, 9.17) is 4.74 Å². The molecular weight excluding hydrogens is 308 g/mol. The van der Waals surface area contributed by atoms with Crippen molar-refractivity contribution in [1.82, 2.24) is 0 Å². The Labute approximate surface area is 152 Å². The molecular formula is C23H30O2. The molecule has 1 N–H and O–H groups in total. The number of aryl methyl sites for hydroxylation is 2. The van der Waals surface area contributed by atoms with Crippen LogP contribution >= 0.6 is 0 Å². The van der Waals surface area contributed by atoms with Crippen LogP contribution in [0.15, 0.2) is 54.3 Å². The molecule has 0 bridgehead atoms. The number of ether oxygens (including phenoxy) is 1. The van der Waals surface area contributed by atoms with Gasteiger partial charge in [-0.25, -0.2) is 0 Å². The van der Waals surface area contributed by atoms with Gasteiger partial charge in [0.1, 0.15) is 17.3 Å². The molecule has 0 aliphatic heterocycles. The highest BCUT2D eigenvalue weighted by Gasteiger charge is 2.18. The first kappa shape index (κ1) is 19.1. The minimum atomic E-state index is 0.313. The van der Waals surface area contributed by atoms with Gasteiger partial charge in [-0.1, -0.05) is 57.2 Å². The zero-order valence-electron chi connectivity index (χ0n) is 16.0. The molecule has 1 unspecified atom stereocenters. The highest BCUT2D eigenvalue weighted by atomic mass is 16.5. The third-order valence-electron chi connectivity index (χ3n) is 4.80. The molecule has 1 aliphatic carbocycles. The van der Waals surface area contributed by atoms with Crippen LogP contribution in [0.2, 0.25) is 0 Å². The minimum Gasteiger partial charge on any atom is -0.508 e. The molecule has 1 atom stereocenters. The molecule has 0 saturated heterocycles. The van der Waals surface area contributed by atoms with Gasteiger partial charge in [0.15, 0.2) is 0 Å². The second kappa shape index (κ2) is 8.24. The fourth-order valence-electron chi connectivity index (χ4n) is 3.31. The van der Waals surface area contributed by atoms with Gasteiger partial charge < -0.3 is 9.84 Å². The van der Waals surface area contributed by atoms with E-state index in [0.717, 1.165) is 47.9 Å². The summed E-state index contributed by atoms with van der Waals surface area (Å²) in [5.41, 5.74) is 5.34. The first-order chi connectivity index (χ1) is 11.8. The second-order valence-electron chi connectivity index (χ2n) is 7.09. The van der Waals surface area contributed by atoms with Crippen molar-refractivity contribution in [3.05, 3.63) is 71.0 Å². The van der Waals surface area contributed by atoms with Crippen LogP contribution in [0.25, 0.3) is 5.76 Å². The van der Waals surface area contributed by atoms with Crippen LogP contribution in [0.3, 0.4) is 0 Å². The molecule has 2 heteroatoms. The maximum Gasteiger partial charge on any atom is 0.127 e. The summed E-state index contributed by atoms with van der Waals surface area (Å²) in [6, 6.07) is 3.80. The van der Waals surface area contributed by atoms with E-state index in [1.165, 1.54) is 5.57 Å². The van der Waals surface area contributed by atoms with Crippen molar-refractivity contribution in [2.45, 2.75) is 53.4 Å². The summed E-state index contributed by atoms with van der Waals surface area (Å²) in [5.74, 6) is 1.86. The third-order valence-corrected chi connectivity index (χ3v) is 4.80. The van der Waals surface area contributed by atoms with Crippen LogP contribution in [-0.2, 0) is 11.2 Å². The molecule has 25 heavy (non-hydrogen) atoms. The van der Waals surface area contributed by atoms with Gasteiger partial charge >= 0.3 is 0 Å². The van der Waals surface area contributed by atoms with Gasteiger partial charge in [0, 0.05) is 5.56 Å². The molecule has 0 amide bonds. The van der Waals surface area contributed by atoms with E-state index >= 15 is 0 Å². The molecule has 1 aromatic carbocycles. The van der Waals surface area contributed by atoms with E-state index in [1.54, 1.807) is 6.07 Å². The lowest BCUT2D eigenvalue weighted by atomic mass is 9.88. The van der Waals surface area contributed by atoms with Gasteiger partial charge in [-0.2, -0.15) is 0 Å². The molecule has 2 nitrogen and oxygen atoms in total. The Kier molecular flexibility index (Phi) is 6.30. The van der Waals surface area contributed by atoms with E-state index < -0.39 is 0 Å². The number of benzene rings is 1. The van der Waals surface area contributed by atoms with Crippen molar-refractivity contribution in [3.63, 3.8) is 0 Å². The second-order valence-corrected chi connectivity index (χ2v) is 7.09.